The van der Waals surface area contributed by atoms with Gasteiger partial charge in [-0.3, -0.25) is 9.48 Å². The molecule has 0 bridgehead atoms. The van der Waals surface area contributed by atoms with Crippen molar-refractivity contribution < 1.29 is 23.1 Å². The SMILES string of the molecule is Cc1cc(C(F)(F)F)nn1CC(=O)N1N=C(c2ccccc2)C[C@H]1c1ccccc1O. The molecular formula is C22H19F3N4O2. The van der Waals surface area contributed by atoms with Gasteiger partial charge >= 0.3 is 6.18 Å². The molecule has 1 amide bonds. The first-order valence-corrected chi connectivity index (χ1v) is 9.58. The Morgan fingerprint density at radius 1 is 1.13 bits per heavy atom. The fraction of sp³-hybridized carbons (Fsp3) is 0.227. The number of rotatable bonds is 4. The second-order valence-electron chi connectivity index (χ2n) is 7.26. The van der Waals surface area contributed by atoms with Crippen molar-refractivity contribution in [3.05, 3.63) is 83.2 Å². The third-order valence-corrected chi connectivity index (χ3v) is 5.13. The van der Waals surface area contributed by atoms with Crippen LogP contribution in [0.2, 0.25) is 0 Å². The molecule has 0 saturated carbocycles. The number of hydrogen-bond acceptors (Lipinski definition) is 4. The van der Waals surface area contributed by atoms with Crippen LogP contribution in [-0.2, 0) is 17.5 Å². The lowest BCUT2D eigenvalue weighted by Crippen LogP contribution is -2.31. The van der Waals surface area contributed by atoms with Gasteiger partial charge < -0.3 is 5.11 Å². The summed E-state index contributed by atoms with van der Waals surface area (Å²) >= 11 is 0. The molecule has 4 rings (SSSR count). The number of carbonyl (C=O) groups excluding carboxylic acids is 1. The summed E-state index contributed by atoms with van der Waals surface area (Å²) in [6, 6.07) is 16.2. The molecule has 0 radical (unpaired) electrons. The van der Waals surface area contributed by atoms with E-state index in [0.29, 0.717) is 17.7 Å². The number of hydrogen-bond donors (Lipinski definition) is 1. The van der Waals surface area contributed by atoms with Gasteiger partial charge in [-0.25, -0.2) is 5.01 Å². The number of para-hydroxylation sites is 1. The largest absolute Gasteiger partial charge is 0.508 e. The molecule has 3 aromatic rings. The molecule has 1 aromatic heterocycles. The standard InChI is InChI=1S/C22H19F3N4O2/c1-14-11-20(22(23,24)25)27-28(14)13-21(31)29-18(16-9-5-6-10-19(16)30)12-17(26-29)15-7-3-2-4-8-15/h2-11,18,30H,12-13H2,1H3/t18-/m0/s1. The van der Waals surface area contributed by atoms with Crippen LogP contribution in [0.25, 0.3) is 0 Å². The minimum atomic E-state index is -4.59. The van der Waals surface area contributed by atoms with Gasteiger partial charge in [-0.1, -0.05) is 48.5 Å². The maximum atomic E-state index is 13.1. The molecule has 1 aliphatic heterocycles. The van der Waals surface area contributed by atoms with Crippen molar-refractivity contribution in [1.82, 2.24) is 14.8 Å². The second-order valence-corrected chi connectivity index (χ2v) is 7.26. The normalized spacial score (nSPS) is 16.5. The van der Waals surface area contributed by atoms with E-state index in [1.54, 1.807) is 18.2 Å². The topological polar surface area (TPSA) is 70.7 Å². The maximum absolute atomic E-state index is 13.1. The van der Waals surface area contributed by atoms with Gasteiger partial charge in [-0.05, 0) is 24.6 Å². The first-order valence-electron chi connectivity index (χ1n) is 9.58. The predicted octanol–water partition coefficient (Wildman–Crippen LogP) is 4.29. The van der Waals surface area contributed by atoms with Crippen LogP contribution in [0.5, 0.6) is 5.75 Å². The van der Waals surface area contributed by atoms with Crippen LogP contribution < -0.4 is 0 Å². The highest BCUT2D eigenvalue weighted by Crippen LogP contribution is 2.37. The Hall–Kier alpha value is -3.62. The Labute approximate surface area is 176 Å². The molecule has 0 spiro atoms. The molecule has 1 N–H and O–H groups in total. The highest BCUT2D eigenvalue weighted by molar-refractivity contribution is 6.03. The highest BCUT2D eigenvalue weighted by atomic mass is 19.4. The van der Waals surface area contributed by atoms with E-state index in [0.717, 1.165) is 16.3 Å². The maximum Gasteiger partial charge on any atom is 0.435 e. The zero-order valence-electron chi connectivity index (χ0n) is 16.5. The smallest absolute Gasteiger partial charge is 0.435 e. The summed E-state index contributed by atoms with van der Waals surface area (Å²) in [7, 11) is 0. The van der Waals surface area contributed by atoms with E-state index < -0.39 is 30.4 Å². The lowest BCUT2D eigenvalue weighted by atomic mass is 9.98. The van der Waals surface area contributed by atoms with Gasteiger partial charge in [0.1, 0.15) is 12.3 Å². The van der Waals surface area contributed by atoms with Crippen molar-refractivity contribution in [3.63, 3.8) is 0 Å². The zero-order valence-corrected chi connectivity index (χ0v) is 16.5. The summed E-state index contributed by atoms with van der Waals surface area (Å²) in [5.41, 5.74) is 1.15. The third-order valence-electron chi connectivity index (χ3n) is 5.13. The van der Waals surface area contributed by atoms with Gasteiger partial charge in [0.25, 0.3) is 5.91 Å². The molecular weight excluding hydrogens is 409 g/mol. The Kier molecular flexibility index (Phi) is 5.26. The summed E-state index contributed by atoms with van der Waals surface area (Å²) in [6.45, 7) is 1.05. The molecule has 1 aliphatic rings. The van der Waals surface area contributed by atoms with E-state index in [9.17, 15) is 23.1 Å². The fourth-order valence-corrected chi connectivity index (χ4v) is 3.57. The summed E-state index contributed by atoms with van der Waals surface area (Å²) in [5, 5.41) is 19.5. The van der Waals surface area contributed by atoms with E-state index in [2.05, 4.69) is 10.2 Å². The van der Waals surface area contributed by atoms with Crippen LogP contribution in [-0.4, -0.2) is 31.5 Å². The van der Waals surface area contributed by atoms with Gasteiger partial charge in [-0.15, -0.1) is 0 Å². The summed E-state index contributed by atoms with van der Waals surface area (Å²) in [6.07, 6.45) is -4.23. The zero-order chi connectivity index (χ0) is 22.2. The molecule has 0 unspecified atom stereocenters. The van der Waals surface area contributed by atoms with Crippen LogP contribution in [0, 0.1) is 6.92 Å². The Bertz CT molecular complexity index is 1140. The molecule has 2 aromatic carbocycles. The predicted molar refractivity (Wildman–Crippen MR) is 107 cm³/mol. The van der Waals surface area contributed by atoms with Gasteiger partial charge in [0.15, 0.2) is 5.69 Å². The number of aromatic hydroxyl groups is 1. The summed E-state index contributed by atoms with van der Waals surface area (Å²) in [5.74, 6) is -0.511. The molecule has 0 saturated heterocycles. The molecule has 31 heavy (non-hydrogen) atoms. The number of hydrazone groups is 1. The van der Waals surface area contributed by atoms with Crippen molar-refractivity contribution in [2.45, 2.75) is 32.1 Å². The first kappa shape index (κ1) is 20.6. The van der Waals surface area contributed by atoms with E-state index in [1.807, 2.05) is 30.3 Å². The molecule has 160 valence electrons. The van der Waals surface area contributed by atoms with Gasteiger partial charge in [0.2, 0.25) is 0 Å². The van der Waals surface area contributed by atoms with E-state index in [-0.39, 0.29) is 11.4 Å². The van der Waals surface area contributed by atoms with Crippen molar-refractivity contribution in [1.29, 1.82) is 0 Å². The van der Waals surface area contributed by atoms with Crippen LogP contribution in [0.15, 0.2) is 65.8 Å². The number of amides is 1. The van der Waals surface area contributed by atoms with Crippen molar-refractivity contribution in [2.75, 3.05) is 0 Å². The molecule has 0 aliphatic carbocycles. The molecule has 9 heteroatoms. The highest BCUT2D eigenvalue weighted by Gasteiger charge is 2.37. The minimum absolute atomic E-state index is 0.0180. The Morgan fingerprint density at radius 3 is 2.45 bits per heavy atom. The molecule has 0 fully saturated rings. The number of aryl methyl sites for hydroxylation is 1. The Balaban J connectivity index is 1.67. The number of benzene rings is 2. The summed E-state index contributed by atoms with van der Waals surface area (Å²) < 4.78 is 39.9. The number of halogens is 3. The average Bonchev–Trinajstić information content (AvgIpc) is 3.33. The van der Waals surface area contributed by atoms with Crippen LogP contribution in [0.3, 0.4) is 0 Å². The van der Waals surface area contributed by atoms with Crippen LogP contribution in [0.1, 0.15) is 35.0 Å². The van der Waals surface area contributed by atoms with E-state index in [1.165, 1.54) is 18.0 Å². The quantitative estimate of drug-likeness (QED) is 0.674. The lowest BCUT2D eigenvalue weighted by Gasteiger charge is -2.23. The van der Waals surface area contributed by atoms with E-state index >= 15 is 0 Å². The van der Waals surface area contributed by atoms with Crippen LogP contribution >= 0.6 is 0 Å². The van der Waals surface area contributed by atoms with E-state index in [4.69, 9.17) is 0 Å². The number of phenols is 1. The summed E-state index contributed by atoms with van der Waals surface area (Å²) in [4.78, 5) is 13.1. The Morgan fingerprint density at radius 2 is 1.81 bits per heavy atom. The van der Waals surface area contributed by atoms with Crippen molar-refractivity contribution >= 4 is 11.6 Å². The van der Waals surface area contributed by atoms with Crippen LogP contribution in [0.4, 0.5) is 13.2 Å². The number of phenolic OH excluding ortho intramolecular Hbond substituents is 1. The first-order chi connectivity index (χ1) is 14.7. The van der Waals surface area contributed by atoms with Gasteiger partial charge in [0, 0.05) is 17.7 Å². The minimum Gasteiger partial charge on any atom is -0.508 e. The lowest BCUT2D eigenvalue weighted by molar-refractivity contribution is -0.142. The number of nitrogens with zero attached hydrogens (tertiary/aromatic N) is 4. The molecule has 2 heterocycles. The third kappa shape index (κ3) is 4.16. The number of alkyl halides is 3. The number of aromatic nitrogens is 2. The van der Waals surface area contributed by atoms with Gasteiger partial charge in [0.05, 0.1) is 11.8 Å². The fourth-order valence-electron chi connectivity index (χ4n) is 3.57. The van der Waals surface area contributed by atoms with Crippen molar-refractivity contribution in [3.8, 4) is 5.75 Å². The average molecular weight is 428 g/mol. The molecule has 1 atom stereocenters. The van der Waals surface area contributed by atoms with Gasteiger partial charge in [-0.2, -0.15) is 23.4 Å². The molecule has 6 nitrogen and oxygen atoms in total. The monoisotopic (exact) mass is 428 g/mol. The number of carbonyl (C=O) groups is 1. The van der Waals surface area contributed by atoms with Crippen molar-refractivity contribution in [2.24, 2.45) is 5.10 Å². The second kappa shape index (κ2) is 7.90.